The summed E-state index contributed by atoms with van der Waals surface area (Å²) in [5, 5.41) is 1.18. The summed E-state index contributed by atoms with van der Waals surface area (Å²) < 4.78 is 2.01. The second-order valence-corrected chi connectivity index (χ2v) is 10.4. The average molecular weight is 391 g/mol. The van der Waals surface area contributed by atoms with Gasteiger partial charge in [-0.3, -0.25) is 0 Å². The molecule has 0 aliphatic rings. The number of rotatable bonds is 1. The molecule has 1 N–H and O–H groups in total. The molecule has 98 valence electrons. The summed E-state index contributed by atoms with van der Waals surface area (Å²) in [4.78, 5) is 21.4. The molecule has 8 heteroatoms. The molecule has 0 fully saturated rings. The van der Waals surface area contributed by atoms with Gasteiger partial charge in [-0.1, -0.05) is 0 Å². The molecule has 2 rings (SSSR count). The van der Waals surface area contributed by atoms with E-state index in [2.05, 4.69) is 15.9 Å². The van der Waals surface area contributed by atoms with E-state index in [0.29, 0.717) is 25.7 Å². The molecule has 0 atom stereocenters. The third-order valence-electron chi connectivity index (χ3n) is 2.52. The Morgan fingerprint density at radius 2 is 2.06 bits per heavy atom. The summed E-state index contributed by atoms with van der Waals surface area (Å²) in [7, 11) is 0. The molecule has 0 radical (unpaired) electrons. The van der Waals surface area contributed by atoms with Crippen molar-refractivity contribution >= 4 is 78.3 Å². The standard InChI is InChI=1S/C10H8BrCl3NO2P/c1-5(16)15-4-8(18(13,14)17)9-7(15)3-2-6(11)10(9)12/h2-4,17-18H,1H3. The topological polar surface area (TPSA) is 42.2 Å². The maximum atomic E-state index is 11.6. The van der Waals surface area contributed by atoms with Gasteiger partial charge in [0.05, 0.1) is 0 Å². The molecule has 3 nitrogen and oxygen atoms in total. The quantitative estimate of drug-likeness (QED) is 0.737. The molecule has 0 aliphatic heterocycles. The van der Waals surface area contributed by atoms with Crippen LogP contribution in [0.15, 0.2) is 22.8 Å². The predicted octanol–water partition coefficient (Wildman–Crippen LogP) is 4.31. The Bertz CT molecular complexity index is 651. The van der Waals surface area contributed by atoms with E-state index >= 15 is 0 Å². The number of fused-ring (bicyclic) bond motifs is 1. The van der Waals surface area contributed by atoms with Crippen molar-refractivity contribution in [3.63, 3.8) is 0 Å². The zero-order chi connectivity index (χ0) is 13.7. The third-order valence-corrected chi connectivity index (χ3v) is 6.05. The fourth-order valence-corrected chi connectivity index (χ4v) is 4.12. The van der Waals surface area contributed by atoms with Crippen LogP contribution in [0.4, 0.5) is 0 Å². The monoisotopic (exact) mass is 389 g/mol. The summed E-state index contributed by atoms with van der Waals surface area (Å²) in [5.41, 5.74) is 0.568. The van der Waals surface area contributed by atoms with Crippen molar-refractivity contribution in [3.8, 4) is 0 Å². The molecule has 0 aliphatic carbocycles. The first-order valence-electron chi connectivity index (χ1n) is 4.84. The molecule has 0 saturated carbocycles. The molecule has 1 aromatic heterocycles. The van der Waals surface area contributed by atoms with Crippen LogP contribution in [0.1, 0.15) is 11.7 Å². The molecule has 0 bridgehead atoms. The number of hydrogen-bond donors (Lipinski definition) is 1. The van der Waals surface area contributed by atoms with Crippen LogP contribution in [0.2, 0.25) is 5.02 Å². The van der Waals surface area contributed by atoms with E-state index in [1.54, 1.807) is 12.1 Å². The Balaban J connectivity index is 2.95. The van der Waals surface area contributed by atoms with Crippen molar-refractivity contribution in [2.24, 2.45) is 0 Å². The summed E-state index contributed by atoms with van der Waals surface area (Å²) in [5.74, 6) is -0.212. The maximum absolute atomic E-state index is 11.6. The van der Waals surface area contributed by atoms with Crippen molar-refractivity contribution in [1.29, 1.82) is 0 Å². The number of halogens is 4. The molecule has 1 aromatic carbocycles. The van der Waals surface area contributed by atoms with Crippen molar-refractivity contribution in [3.05, 3.63) is 27.8 Å². The Morgan fingerprint density at radius 1 is 1.44 bits per heavy atom. The van der Waals surface area contributed by atoms with Crippen molar-refractivity contribution < 1.29 is 9.69 Å². The van der Waals surface area contributed by atoms with Gasteiger partial charge < -0.3 is 0 Å². The third kappa shape index (κ3) is 2.43. The molecule has 1 heterocycles. The van der Waals surface area contributed by atoms with Crippen LogP contribution in [0, 0.1) is 0 Å². The number of carbonyl (C=O) groups excluding carboxylic acids is 1. The van der Waals surface area contributed by atoms with E-state index in [9.17, 15) is 9.69 Å². The van der Waals surface area contributed by atoms with Gasteiger partial charge in [0.25, 0.3) is 0 Å². The first kappa shape index (κ1) is 14.6. The molecule has 2 aromatic rings. The van der Waals surface area contributed by atoms with Gasteiger partial charge in [0.15, 0.2) is 0 Å². The number of hydrogen-bond acceptors (Lipinski definition) is 2. The summed E-state index contributed by atoms with van der Waals surface area (Å²) >= 11 is 21.1. The van der Waals surface area contributed by atoms with E-state index in [4.69, 9.17) is 34.1 Å². The van der Waals surface area contributed by atoms with E-state index in [1.165, 1.54) is 17.7 Å². The zero-order valence-corrected chi connectivity index (χ0v) is 13.9. The molecule has 0 saturated heterocycles. The number of carbonyl (C=O) groups is 1. The Labute approximate surface area is 127 Å². The van der Waals surface area contributed by atoms with Gasteiger partial charge in [0.2, 0.25) is 0 Å². The normalized spacial score (nSPS) is 13.0. The zero-order valence-electron chi connectivity index (χ0n) is 9.05. The van der Waals surface area contributed by atoms with Crippen LogP contribution in [0.25, 0.3) is 10.9 Å². The van der Waals surface area contributed by atoms with E-state index in [0.717, 1.165) is 0 Å². The van der Waals surface area contributed by atoms with E-state index in [1.807, 2.05) is 0 Å². The fraction of sp³-hybridized carbons (Fsp3) is 0.100. The average Bonchev–Trinajstić information content (AvgIpc) is 2.63. The molecule has 0 unspecified atom stereocenters. The SMILES string of the molecule is CC(=O)n1cc([PH](O)(Cl)Cl)c2c(Cl)c(Br)ccc21. The first-order valence-corrected chi connectivity index (χ1v) is 9.98. The Kier molecular flexibility index (Phi) is 3.99. The van der Waals surface area contributed by atoms with Crippen molar-refractivity contribution in [2.45, 2.75) is 6.92 Å². The van der Waals surface area contributed by atoms with Crippen molar-refractivity contribution in [2.75, 3.05) is 0 Å². The van der Waals surface area contributed by atoms with Gasteiger partial charge in [-0.15, -0.1) is 0 Å². The predicted molar refractivity (Wildman–Crippen MR) is 82.8 cm³/mol. The van der Waals surface area contributed by atoms with Crippen LogP contribution in [-0.2, 0) is 0 Å². The van der Waals surface area contributed by atoms with E-state index < -0.39 is 6.19 Å². The van der Waals surface area contributed by atoms with Gasteiger partial charge in [-0.2, -0.15) is 0 Å². The van der Waals surface area contributed by atoms with Gasteiger partial charge in [0.1, 0.15) is 0 Å². The minimum atomic E-state index is -3.61. The van der Waals surface area contributed by atoms with Gasteiger partial charge in [-0.05, 0) is 0 Å². The molecular weight excluding hydrogens is 383 g/mol. The summed E-state index contributed by atoms with van der Waals surface area (Å²) in [6, 6.07) is 3.43. The second kappa shape index (κ2) is 4.93. The summed E-state index contributed by atoms with van der Waals surface area (Å²) in [6.45, 7) is 1.41. The van der Waals surface area contributed by atoms with Crippen LogP contribution < -0.4 is 5.30 Å². The van der Waals surface area contributed by atoms with E-state index in [-0.39, 0.29) is 5.91 Å². The van der Waals surface area contributed by atoms with Crippen molar-refractivity contribution in [1.82, 2.24) is 4.57 Å². The Morgan fingerprint density at radius 3 is 2.56 bits per heavy atom. The van der Waals surface area contributed by atoms with Crippen LogP contribution in [0.5, 0.6) is 0 Å². The Hall–Kier alpha value is 0.170. The molecule has 0 amide bonds. The minimum absolute atomic E-state index is 0.212. The molecule has 18 heavy (non-hydrogen) atoms. The first-order chi connectivity index (χ1) is 8.23. The number of benzene rings is 1. The number of nitrogens with zero attached hydrogens (tertiary/aromatic N) is 1. The van der Waals surface area contributed by atoms with Gasteiger partial charge in [-0.25, -0.2) is 0 Å². The molecule has 0 spiro atoms. The van der Waals surface area contributed by atoms with Crippen LogP contribution in [-0.4, -0.2) is 15.4 Å². The number of aromatic nitrogens is 1. The fourth-order valence-electron chi connectivity index (χ4n) is 1.75. The van der Waals surface area contributed by atoms with Crippen LogP contribution >= 0.6 is 56.2 Å². The van der Waals surface area contributed by atoms with Gasteiger partial charge in [0, 0.05) is 0 Å². The van der Waals surface area contributed by atoms with Gasteiger partial charge >= 0.3 is 127 Å². The van der Waals surface area contributed by atoms with Crippen LogP contribution in [0.3, 0.4) is 0 Å². The summed E-state index contributed by atoms with van der Waals surface area (Å²) in [6.07, 6.45) is -2.17. The molecular formula is C10H8BrCl3NO2P. The second-order valence-electron chi connectivity index (χ2n) is 3.73.